The molecule has 4 atom stereocenters. The number of carboxylic acids is 1. The number of hydrogen-bond donors (Lipinski definition) is 7. The quantitative estimate of drug-likeness (QED) is 0.197. The van der Waals surface area contributed by atoms with Crippen LogP contribution in [0.3, 0.4) is 0 Å². The first-order valence-corrected chi connectivity index (χ1v) is 8.42. The van der Waals surface area contributed by atoms with E-state index in [1.807, 2.05) is 0 Å². The normalized spacial score (nSPS) is 19.4. The lowest BCUT2D eigenvalue weighted by atomic mass is 10.1. The van der Waals surface area contributed by atoms with Gasteiger partial charge in [0, 0.05) is 0 Å². The smallest absolute Gasteiger partial charge is 0.325 e. The number of carbonyl (C=O) groups excluding carboxylic acids is 4. The van der Waals surface area contributed by atoms with Crippen LogP contribution in [-0.4, -0.2) is 77.1 Å². The number of hydrogen-bond acceptors (Lipinski definition) is 7. The van der Waals surface area contributed by atoms with E-state index in [-0.39, 0.29) is 0 Å². The molecule has 8 N–H and O–H groups in total. The van der Waals surface area contributed by atoms with Crippen molar-refractivity contribution in [1.82, 2.24) is 21.3 Å². The number of nitrogens with one attached hydrogen (secondary N) is 4. The Morgan fingerprint density at radius 3 is 2.22 bits per heavy atom. The summed E-state index contributed by atoms with van der Waals surface area (Å²) in [4.78, 5) is 58.4. The Hall–Kier alpha value is -2.73. The third kappa shape index (κ3) is 7.19. The zero-order valence-electron chi connectivity index (χ0n) is 14.9. The van der Waals surface area contributed by atoms with Gasteiger partial charge in [0.1, 0.15) is 18.1 Å². The number of carboxylic acid groups (broad SMARTS) is 1. The van der Waals surface area contributed by atoms with Crippen molar-refractivity contribution in [2.45, 2.75) is 50.4 Å². The van der Waals surface area contributed by atoms with E-state index < -0.39 is 66.8 Å². The van der Waals surface area contributed by atoms with Crippen molar-refractivity contribution in [2.75, 3.05) is 13.2 Å². The molecule has 1 rings (SSSR count). The van der Waals surface area contributed by atoms with Crippen LogP contribution in [0.25, 0.3) is 0 Å². The first kappa shape index (κ1) is 22.3. The van der Waals surface area contributed by atoms with Gasteiger partial charge < -0.3 is 37.2 Å². The highest BCUT2D eigenvalue weighted by Crippen LogP contribution is 2.05. The van der Waals surface area contributed by atoms with Crippen molar-refractivity contribution >= 4 is 29.6 Å². The highest BCUT2D eigenvalue weighted by atomic mass is 16.4. The summed E-state index contributed by atoms with van der Waals surface area (Å²) in [5.74, 6) is -4.53. The van der Waals surface area contributed by atoms with Gasteiger partial charge in [-0.2, -0.15) is 0 Å². The maximum Gasteiger partial charge on any atom is 0.325 e. The van der Waals surface area contributed by atoms with Gasteiger partial charge in [0.15, 0.2) is 0 Å². The number of aliphatic hydroxyl groups is 1. The van der Waals surface area contributed by atoms with E-state index >= 15 is 0 Å². The van der Waals surface area contributed by atoms with Gasteiger partial charge in [-0.1, -0.05) is 0 Å². The Balaban J connectivity index is 2.74. The van der Waals surface area contributed by atoms with E-state index in [9.17, 15) is 29.1 Å². The zero-order valence-corrected chi connectivity index (χ0v) is 14.9. The Morgan fingerprint density at radius 2 is 1.74 bits per heavy atom. The van der Waals surface area contributed by atoms with E-state index in [0.717, 1.165) is 6.42 Å². The maximum absolute atomic E-state index is 12.3. The molecule has 0 saturated carbocycles. The van der Waals surface area contributed by atoms with Crippen molar-refractivity contribution in [2.24, 2.45) is 5.73 Å². The summed E-state index contributed by atoms with van der Waals surface area (Å²) in [5.41, 5.74) is 5.06. The summed E-state index contributed by atoms with van der Waals surface area (Å²) in [6, 6.07) is -4.54. The molecule has 1 heterocycles. The minimum atomic E-state index is -1.45. The lowest BCUT2D eigenvalue weighted by Gasteiger charge is -2.23. The molecule has 152 valence electrons. The lowest BCUT2D eigenvalue weighted by Crippen LogP contribution is -2.58. The molecule has 0 spiro atoms. The second kappa shape index (κ2) is 10.4. The van der Waals surface area contributed by atoms with Crippen LogP contribution in [-0.2, 0) is 24.0 Å². The fourth-order valence-corrected chi connectivity index (χ4v) is 2.43. The molecule has 12 nitrogen and oxygen atoms in total. The highest BCUT2D eigenvalue weighted by Gasteiger charge is 2.31. The summed E-state index contributed by atoms with van der Waals surface area (Å²) in [7, 11) is 0. The van der Waals surface area contributed by atoms with Gasteiger partial charge in [0.25, 0.3) is 0 Å². The molecule has 1 fully saturated rings. The van der Waals surface area contributed by atoms with Crippen molar-refractivity contribution in [3.05, 3.63) is 0 Å². The molecular weight excluding hydrogens is 362 g/mol. The SMILES string of the molecule is CC(NC(=O)C(CC(N)=O)NC(=O)C(CO)NC(=O)C1CCCN1)C(=O)O. The summed E-state index contributed by atoms with van der Waals surface area (Å²) in [6.07, 6.45) is 0.808. The van der Waals surface area contributed by atoms with Crippen LogP contribution >= 0.6 is 0 Å². The molecule has 27 heavy (non-hydrogen) atoms. The third-order valence-electron chi connectivity index (χ3n) is 3.96. The molecule has 0 aromatic carbocycles. The van der Waals surface area contributed by atoms with Crippen LogP contribution in [0.1, 0.15) is 26.2 Å². The third-order valence-corrected chi connectivity index (χ3v) is 3.96. The van der Waals surface area contributed by atoms with Crippen LogP contribution in [0.2, 0.25) is 0 Å². The van der Waals surface area contributed by atoms with Gasteiger partial charge in [-0.3, -0.25) is 24.0 Å². The average Bonchev–Trinajstić information content (AvgIpc) is 3.12. The molecule has 4 unspecified atom stereocenters. The second-order valence-electron chi connectivity index (χ2n) is 6.19. The van der Waals surface area contributed by atoms with Gasteiger partial charge in [-0.05, 0) is 26.3 Å². The first-order chi connectivity index (χ1) is 12.6. The number of aliphatic hydroxyl groups excluding tert-OH is 1. The number of amides is 4. The van der Waals surface area contributed by atoms with Crippen LogP contribution in [0.15, 0.2) is 0 Å². The molecule has 4 amide bonds. The molecule has 0 radical (unpaired) electrons. The van der Waals surface area contributed by atoms with Gasteiger partial charge in [-0.15, -0.1) is 0 Å². The largest absolute Gasteiger partial charge is 0.480 e. The maximum atomic E-state index is 12.3. The number of aliphatic carboxylic acids is 1. The summed E-state index contributed by atoms with van der Waals surface area (Å²) >= 11 is 0. The monoisotopic (exact) mass is 387 g/mol. The molecular formula is C15H25N5O7. The van der Waals surface area contributed by atoms with Crippen LogP contribution in [0.4, 0.5) is 0 Å². The minimum absolute atomic E-state index is 0.475. The van der Waals surface area contributed by atoms with E-state index in [1.165, 1.54) is 6.92 Å². The number of carbonyl (C=O) groups is 5. The van der Waals surface area contributed by atoms with Crippen molar-refractivity contribution in [3.63, 3.8) is 0 Å². The lowest BCUT2D eigenvalue weighted by molar-refractivity contribution is -0.142. The van der Waals surface area contributed by atoms with E-state index in [4.69, 9.17) is 10.8 Å². The van der Waals surface area contributed by atoms with E-state index in [1.54, 1.807) is 0 Å². The highest BCUT2D eigenvalue weighted by molar-refractivity contribution is 5.96. The van der Waals surface area contributed by atoms with Gasteiger partial charge in [0.05, 0.1) is 19.1 Å². The van der Waals surface area contributed by atoms with Crippen LogP contribution < -0.4 is 27.0 Å². The Kier molecular flexibility index (Phi) is 8.62. The Morgan fingerprint density at radius 1 is 1.11 bits per heavy atom. The molecule has 0 bridgehead atoms. The zero-order chi connectivity index (χ0) is 20.6. The van der Waals surface area contributed by atoms with Crippen molar-refractivity contribution in [1.29, 1.82) is 0 Å². The van der Waals surface area contributed by atoms with E-state index in [2.05, 4.69) is 21.3 Å². The molecule has 1 saturated heterocycles. The van der Waals surface area contributed by atoms with Crippen molar-refractivity contribution < 1.29 is 34.2 Å². The molecule has 0 aromatic heterocycles. The molecule has 12 heteroatoms. The molecule has 0 aliphatic carbocycles. The molecule has 0 aromatic rings. The fourth-order valence-electron chi connectivity index (χ4n) is 2.43. The van der Waals surface area contributed by atoms with Gasteiger partial charge >= 0.3 is 5.97 Å². The molecule has 1 aliphatic heterocycles. The summed E-state index contributed by atoms with van der Waals surface area (Å²) < 4.78 is 0. The first-order valence-electron chi connectivity index (χ1n) is 8.42. The average molecular weight is 387 g/mol. The number of rotatable bonds is 10. The van der Waals surface area contributed by atoms with Crippen LogP contribution in [0.5, 0.6) is 0 Å². The summed E-state index contributed by atoms with van der Waals surface area (Å²) in [5, 5.41) is 27.8. The number of nitrogens with two attached hydrogens (primary N) is 1. The van der Waals surface area contributed by atoms with Gasteiger partial charge in [-0.25, -0.2) is 0 Å². The predicted molar refractivity (Wildman–Crippen MR) is 91.0 cm³/mol. The molecule has 1 aliphatic rings. The predicted octanol–water partition coefficient (Wildman–Crippen LogP) is -3.83. The van der Waals surface area contributed by atoms with Crippen molar-refractivity contribution in [3.8, 4) is 0 Å². The number of primary amides is 1. The summed E-state index contributed by atoms with van der Waals surface area (Å²) in [6.45, 7) is 1.13. The topological polar surface area (TPSA) is 200 Å². The fraction of sp³-hybridized carbons (Fsp3) is 0.667. The van der Waals surface area contributed by atoms with Crippen LogP contribution in [0, 0.1) is 0 Å². The second-order valence-corrected chi connectivity index (χ2v) is 6.19. The van der Waals surface area contributed by atoms with E-state index in [0.29, 0.717) is 13.0 Å². The Bertz CT molecular complexity index is 591. The van der Waals surface area contributed by atoms with Gasteiger partial charge in [0.2, 0.25) is 23.6 Å². The standard InChI is InChI=1S/C15H25N5O7/c1-7(15(26)27)18-13(24)9(5-11(16)22)19-14(25)10(6-21)20-12(23)8-3-2-4-17-8/h7-10,17,21H,2-6H2,1H3,(H2,16,22)(H,18,24)(H,19,25)(H,20,23)(H,26,27). The minimum Gasteiger partial charge on any atom is -0.480 e. The Labute approximate surface area is 155 Å².